The number of aliphatic carboxylic acids is 1. The maximum absolute atomic E-state index is 10.9. The number of rotatable bonds is 7. The van der Waals surface area contributed by atoms with Crippen LogP contribution in [0.1, 0.15) is 18.4 Å². The molecule has 128 valence electrons. The smallest absolute Gasteiger partial charge is 0.346 e. The average molecular weight is 395 g/mol. The summed E-state index contributed by atoms with van der Waals surface area (Å²) >= 11 is 3.42. The van der Waals surface area contributed by atoms with Crippen molar-refractivity contribution in [3.63, 3.8) is 0 Å². The molecule has 0 bridgehead atoms. The highest BCUT2D eigenvalue weighted by Gasteiger charge is 2.15. The van der Waals surface area contributed by atoms with Crippen LogP contribution in [0.15, 0.2) is 22.2 Å². The molecular weight excluding hydrogens is 376 g/mol. The van der Waals surface area contributed by atoms with E-state index >= 15 is 0 Å². The van der Waals surface area contributed by atoms with Crippen LogP contribution in [-0.2, 0) is 4.79 Å². The first kappa shape index (κ1) is 18.3. The number of ether oxygens (including phenoxy) is 2. The maximum Gasteiger partial charge on any atom is 0.346 e. The lowest BCUT2D eigenvalue weighted by molar-refractivity contribution is -0.132. The fourth-order valence-corrected chi connectivity index (χ4v) is 3.13. The Labute approximate surface area is 149 Å². The fourth-order valence-electron chi connectivity index (χ4n) is 2.55. The van der Waals surface area contributed by atoms with Gasteiger partial charge in [0, 0.05) is 6.54 Å². The Hall–Kier alpha value is -2.04. The van der Waals surface area contributed by atoms with E-state index in [1.54, 1.807) is 18.2 Å². The summed E-state index contributed by atoms with van der Waals surface area (Å²) in [6.45, 7) is 3.62. The quantitative estimate of drug-likeness (QED) is 0.565. The largest absolute Gasteiger partial charge is 0.493 e. The third-order valence-electron chi connectivity index (χ3n) is 3.77. The molecule has 0 spiro atoms. The van der Waals surface area contributed by atoms with Gasteiger partial charge in [-0.25, -0.2) is 4.79 Å². The Bertz CT molecular complexity index is 676. The first-order chi connectivity index (χ1) is 11.5. The summed E-state index contributed by atoms with van der Waals surface area (Å²) in [4.78, 5) is 13.3. The van der Waals surface area contributed by atoms with Crippen molar-refractivity contribution in [3.8, 4) is 17.6 Å². The number of nitriles is 1. The van der Waals surface area contributed by atoms with Crippen molar-refractivity contribution in [2.75, 3.05) is 33.4 Å². The van der Waals surface area contributed by atoms with Crippen LogP contribution in [0.5, 0.6) is 11.5 Å². The zero-order valence-corrected chi connectivity index (χ0v) is 15.0. The topological polar surface area (TPSA) is 82.8 Å². The normalized spacial score (nSPS) is 15.1. The molecule has 0 amide bonds. The summed E-state index contributed by atoms with van der Waals surface area (Å²) in [5, 5.41) is 17.8. The summed E-state index contributed by atoms with van der Waals surface area (Å²) in [5.74, 6) is -0.207. The van der Waals surface area contributed by atoms with Gasteiger partial charge in [0.05, 0.1) is 11.6 Å². The van der Waals surface area contributed by atoms with Crippen LogP contribution in [0.3, 0.4) is 0 Å². The number of hydrogen-bond acceptors (Lipinski definition) is 5. The molecule has 2 rings (SSSR count). The molecule has 1 heterocycles. The van der Waals surface area contributed by atoms with Crippen molar-refractivity contribution in [2.24, 2.45) is 0 Å². The van der Waals surface area contributed by atoms with Crippen LogP contribution in [0.25, 0.3) is 6.08 Å². The number of benzene rings is 1. The average Bonchev–Trinajstić information content (AvgIpc) is 3.07. The number of hydrogen-bond donors (Lipinski definition) is 1. The minimum absolute atomic E-state index is 0.341. The van der Waals surface area contributed by atoms with Crippen LogP contribution < -0.4 is 9.47 Å². The molecule has 7 heteroatoms. The lowest BCUT2D eigenvalue weighted by atomic mass is 10.1. The van der Waals surface area contributed by atoms with Crippen molar-refractivity contribution in [3.05, 3.63) is 27.7 Å². The van der Waals surface area contributed by atoms with Crippen LogP contribution in [0.4, 0.5) is 0 Å². The second-order valence-corrected chi connectivity index (χ2v) is 6.26. The number of carboxylic acids is 1. The van der Waals surface area contributed by atoms with Crippen LogP contribution in [0.2, 0.25) is 0 Å². The Morgan fingerprint density at radius 2 is 2.17 bits per heavy atom. The van der Waals surface area contributed by atoms with E-state index in [1.165, 1.54) is 26.0 Å². The number of likely N-dealkylation sites (tertiary alicyclic amines) is 1. The van der Waals surface area contributed by atoms with Crippen molar-refractivity contribution in [2.45, 2.75) is 12.8 Å². The lowest BCUT2D eigenvalue weighted by Crippen LogP contribution is -2.25. The summed E-state index contributed by atoms with van der Waals surface area (Å²) in [6, 6.07) is 5.01. The van der Waals surface area contributed by atoms with Gasteiger partial charge in [-0.3, -0.25) is 4.90 Å². The number of halogens is 1. The zero-order valence-electron chi connectivity index (χ0n) is 13.4. The molecule has 1 aliphatic heterocycles. The molecule has 1 aromatic carbocycles. The maximum atomic E-state index is 10.9. The van der Waals surface area contributed by atoms with Crippen molar-refractivity contribution in [1.29, 1.82) is 5.26 Å². The van der Waals surface area contributed by atoms with E-state index in [4.69, 9.17) is 19.8 Å². The molecule has 6 nitrogen and oxygen atoms in total. The summed E-state index contributed by atoms with van der Waals surface area (Å²) in [7, 11) is 1.52. The van der Waals surface area contributed by atoms with Crippen LogP contribution in [0, 0.1) is 11.3 Å². The molecule has 0 atom stereocenters. The molecule has 1 fully saturated rings. The number of methoxy groups -OCH3 is 1. The van der Waals surface area contributed by atoms with E-state index in [0.717, 1.165) is 19.6 Å². The monoisotopic (exact) mass is 394 g/mol. The molecule has 0 aromatic heterocycles. The summed E-state index contributed by atoms with van der Waals surface area (Å²) in [6.07, 6.45) is 3.77. The fraction of sp³-hybridized carbons (Fsp3) is 0.412. The lowest BCUT2D eigenvalue weighted by Gasteiger charge is -2.17. The molecule has 1 aliphatic rings. The molecule has 0 saturated carbocycles. The highest BCUT2D eigenvalue weighted by molar-refractivity contribution is 9.10. The predicted molar refractivity (Wildman–Crippen MR) is 93.1 cm³/mol. The number of carbonyl (C=O) groups is 1. The van der Waals surface area contributed by atoms with Gasteiger partial charge in [-0.05, 0) is 65.6 Å². The first-order valence-electron chi connectivity index (χ1n) is 7.63. The standard InChI is InChI=1S/C17H19BrN2O4/c1-23-15-10-12(8-13(11-19)17(21)22)9-14(18)16(15)24-7-6-20-4-2-3-5-20/h8-10H,2-7H2,1H3,(H,21,22). The van der Waals surface area contributed by atoms with E-state index in [2.05, 4.69) is 20.8 Å². The second kappa shape index (κ2) is 8.71. The van der Waals surface area contributed by atoms with E-state index in [9.17, 15) is 4.79 Å². The van der Waals surface area contributed by atoms with Gasteiger partial charge < -0.3 is 14.6 Å². The summed E-state index contributed by atoms with van der Waals surface area (Å²) in [5.41, 5.74) is 0.205. The molecule has 0 aliphatic carbocycles. The Morgan fingerprint density at radius 3 is 2.75 bits per heavy atom. The highest BCUT2D eigenvalue weighted by Crippen LogP contribution is 2.37. The summed E-state index contributed by atoms with van der Waals surface area (Å²) < 4.78 is 11.8. The number of nitrogens with zero attached hydrogens (tertiary/aromatic N) is 2. The molecule has 0 radical (unpaired) electrons. The van der Waals surface area contributed by atoms with Crippen LogP contribution >= 0.6 is 15.9 Å². The van der Waals surface area contributed by atoms with Crippen molar-refractivity contribution in [1.82, 2.24) is 4.90 Å². The van der Waals surface area contributed by atoms with E-state index in [-0.39, 0.29) is 5.57 Å². The van der Waals surface area contributed by atoms with E-state index in [0.29, 0.717) is 28.1 Å². The van der Waals surface area contributed by atoms with E-state index in [1.807, 2.05) is 0 Å². The van der Waals surface area contributed by atoms with Gasteiger partial charge in [-0.15, -0.1) is 0 Å². The third kappa shape index (κ3) is 4.73. The Morgan fingerprint density at radius 1 is 1.46 bits per heavy atom. The van der Waals surface area contributed by atoms with Crippen molar-refractivity contribution >= 4 is 28.0 Å². The van der Waals surface area contributed by atoms with Gasteiger partial charge in [0.1, 0.15) is 18.2 Å². The minimum Gasteiger partial charge on any atom is -0.493 e. The van der Waals surface area contributed by atoms with Crippen LogP contribution in [-0.4, -0.2) is 49.3 Å². The SMILES string of the molecule is COc1cc(C=C(C#N)C(=O)O)cc(Br)c1OCCN1CCCC1. The molecule has 1 N–H and O–H groups in total. The van der Waals surface area contributed by atoms with Gasteiger partial charge in [0.15, 0.2) is 11.5 Å². The third-order valence-corrected chi connectivity index (χ3v) is 4.36. The molecule has 24 heavy (non-hydrogen) atoms. The van der Waals surface area contributed by atoms with Gasteiger partial charge in [-0.2, -0.15) is 5.26 Å². The second-order valence-electron chi connectivity index (χ2n) is 5.41. The Kier molecular flexibility index (Phi) is 6.64. The van der Waals surface area contributed by atoms with Gasteiger partial charge in [0.25, 0.3) is 0 Å². The highest BCUT2D eigenvalue weighted by atomic mass is 79.9. The molecule has 1 aromatic rings. The predicted octanol–water partition coefficient (Wildman–Crippen LogP) is 2.92. The van der Waals surface area contributed by atoms with Gasteiger partial charge in [0.2, 0.25) is 0 Å². The first-order valence-corrected chi connectivity index (χ1v) is 8.42. The number of carboxylic acid groups (broad SMARTS) is 1. The van der Waals surface area contributed by atoms with Gasteiger partial charge in [-0.1, -0.05) is 0 Å². The van der Waals surface area contributed by atoms with Gasteiger partial charge >= 0.3 is 5.97 Å². The van der Waals surface area contributed by atoms with E-state index < -0.39 is 5.97 Å². The Balaban J connectivity index is 2.14. The zero-order chi connectivity index (χ0) is 17.5. The molecular formula is C17H19BrN2O4. The van der Waals surface area contributed by atoms with Crippen molar-refractivity contribution < 1.29 is 19.4 Å². The molecule has 1 saturated heterocycles. The minimum atomic E-state index is -1.27. The molecule has 0 unspecified atom stereocenters.